The summed E-state index contributed by atoms with van der Waals surface area (Å²) in [5.41, 5.74) is 0. The third-order valence-corrected chi connectivity index (χ3v) is 2.99. The van der Waals surface area contributed by atoms with Gasteiger partial charge in [-0.25, -0.2) is 4.68 Å². The molecule has 0 N–H and O–H groups in total. The molecule has 1 aliphatic rings. The Labute approximate surface area is 78.6 Å². The third-order valence-electron chi connectivity index (χ3n) is 1.72. The van der Waals surface area contributed by atoms with Gasteiger partial charge in [0.15, 0.2) is 0 Å². The van der Waals surface area contributed by atoms with Crippen molar-refractivity contribution in [3.05, 3.63) is 0 Å². The summed E-state index contributed by atoms with van der Waals surface area (Å²) in [6.45, 7) is 0.502. The van der Waals surface area contributed by atoms with Gasteiger partial charge in [-0.15, -0.1) is 5.10 Å². The highest BCUT2D eigenvalue weighted by Gasteiger charge is 2.29. The van der Waals surface area contributed by atoms with E-state index in [2.05, 4.69) is 15.5 Å². The molecule has 0 spiro atoms. The van der Waals surface area contributed by atoms with Crippen LogP contribution in [0.25, 0.3) is 0 Å². The fourth-order valence-electron chi connectivity index (χ4n) is 1.03. The van der Waals surface area contributed by atoms with Crippen LogP contribution in [0.4, 0.5) is 0 Å². The SMILES string of the molecule is Cn1nnnc1S[C@H]1CCOC1=O. The lowest BCUT2D eigenvalue weighted by atomic mass is 10.4. The van der Waals surface area contributed by atoms with Crippen molar-refractivity contribution >= 4 is 17.7 Å². The van der Waals surface area contributed by atoms with Crippen LogP contribution >= 0.6 is 11.8 Å². The molecule has 13 heavy (non-hydrogen) atoms. The van der Waals surface area contributed by atoms with Crippen molar-refractivity contribution in [3.63, 3.8) is 0 Å². The largest absolute Gasteiger partial charge is 0.465 e. The average molecular weight is 200 g/mol. The Morgan fingerprint density at radius 2 is 2.54 bits per heavy atom. The molecule has 0 radical (unpaired) electrons. The molecule has 1 aliphatic heterocycles. The molecular formula is C6H8N4O2S. The lowest BCUT2D eigenvalue weighted by molar-refractivity contribution is -0.137. The number of carbonyl (C=O) groups excluding carboxylic acids is 1. The molecule has 2 heterocycles. The predicted molar refractivity (Wildman–Crippen MR) is 44.0 cm³/mol. The molecule has 0 bridgehead atoms. The van der Waals surface area contributed by atoms with Crippen molar-refractivity contribution in [2.75, 3.05) is 6.61 Å². The molecule has 1 aromatic rings. The molecular weight excluding hydrogens is 192 g/mol. The number of cyclic esters (lactones) is 1. The van der Waals surface area contributed by atoms with E-state index < -0.39 is 0 Å². The number of hydrogen-bond acceptors (Lipinski definition) is 6. The molecule has 70 valence electrons. The molecule has 0 amide bonds. The van der Waals surface area contributed by atoms with Gasteiger partial charge in [0.2, 0.25) is 5.16 Å². The molecule has 0 saturated carbocycles. The maximum atomic E-state index is 11.1. The monoisotopic (exact) mass is 200 g/mol. The number of nitrogens with zero attached hydrogens (tertiary/aromatic N) is 4. The molecule has 0 aliphatic carbocycles. The van der Waals surface area contributed by atoms with Crippen LogP contribution in [0.2, 0.25) is 0 Å². The third kappa shape index (κ3) is 1.64. The molecule has 7 heteroatoms. The van der Waals surface area contributed by atoms with Gasteiger partial charge >= 0.3 is 5.97 Å². The van der Waals surface area contributed by atoms with Crippen molar-refractivity contribution < 1.29 is 9.53 Å². The van der Waals surface area contributed by atoms with E-state index in [4.69, 9.17) is 4.74 Å². The Morgan fingerprint density at radius 3 is 3.08 bits per heavy atom. The molecule has 1 saturated heterocycles. The molecule has 6 nitrogen and oxygen atoms in total. The van der Waals surface area contributed by atoms with Crippen molar-refractivity contribution in [2.24, 2.45) is 7.05 Å². The number of ether oxygens (including phenoxy) is 1. The summed E-state index contributed by atoms with van der Waals surface area (Å²) >= 11 is 1.34. The van der Waals surface area contributed by atoms with Gasteiger partial charge in [0.25, 0.3) is 0 Å². The second-order valence-electron chi connectivity index (χ2n) is 2.65. The van der Waals surface area contributed by atoms with E-state index in [1.165, 1.54) is 16.4 Å². The molecule has 1 fully saturated rings. The zero-order valence-electron chi connectivity index (χ0n) is 7.01. The summed E-state index contributed by atoms with van der Waals surface area (Å²) < 4.78 is 6.35. The highest BCUT2D eigenvalue weighted by Crippen LogP contribution is 2.26. The first-order chi connectivity index (χ1) is 6.27. The Balaban J connectivity index is 2.06. The summed E-state index contributed by atoms with van der Waals surface area (Å²) in [5, 5.41) is 11.4. The van der Waals surface area contributed by atoms with E-state index >= 15 is 0 Å². The predicted octanol–water partition coefficient (Wildman–Crippen LogP) is -0.382. The minimum absolute atomic E-state index is 0.148. The normalized spacial score (nSPS) is 21.9. The van der Waals surface area contributed by atoms with Crippen molar-refractivity contribution in [1.29, 1.82) is 0 Å². The Hall–Kier alpha value is -1.11. The first-order valence-corrected chi connectivity index (χ1v) is 4.71. The van der Waals surface area contributed by atoms with Crippen LogP contribution in [0, 0.1) is 0 Å². The zero-order valence-corrected chi connectivity index (χ0v) is 7.82. The van der Waals surface area contributed by atoms with Gasteiger partial charge in [-0.2, -0.15) is 0 Å². The molecule has 0 aromatic carbocycles. The Morgan fingerprint density at radius 1 is 1.69 bits per heavy atom. The number of rotatable bonds is 2. The van der Waals surface area contributed by atoms with E-state index in [9.17, 15) is 4.79 Å². The van der Waals surface area contributed by atoms with Gasteiger partial charge in [0.05, 0.1) is 6.61 Å². The van der Waals surface area contributed by atoms with Crippen LogP contribution in [0.5, 0.6) is 0 Å². The smallest absolute Gasteiger partial charge is 0.319 e. The summed E-state index contributed by atoms with van der Waals surface area (Å²) in [6.07, 6.45) is 0.732. The van der Waals surface area contributed by atoms with Gasteiger partial charge in [-0.3, -0.25) is 4.79 Å². The van der Waals surface area contributed by atoms with Crippen molar-refractivity contribution in [1.82, 2.24) is 20.2 Å². The second-order valence-corrected chi connectivity index (χ2v) is 3.82. The lowest BCUT2D eigenvalue weighted by Crippen LogP contribution is -2.10. The van der Waals surface area contributed by atoms with E-state index in [1.54, 1.807) is 7.05 Å². The molecule has 1 atom stereocenters. The minimum atomic E-state index is -0.173. The first kappa shape index (κ1) is 8.49. The number of carbonyl (C=O) groups is 1. The highest BCUT2D eigenvalue weighted by atomic mass is 32.2. The zero-order chi connectivity index (χ0) is 9.26. The van der Waals surface area contributed by atoms with Crippen LogP contribution in [0.1, 0.15) is 6.42 Å². The number of esters is 1. The lowest BCUT2D eigenvalue weighted by Gasteiger charge is -2.01. The second kappa shape index (κ2) is 3.33. The Kier molecular flexibility index (Phi) is 2.17. The number of thioether (sulfide) groups is 1. The summed E-state index contributed by atoms with van der Waals surface area (Å²) in [4.78, 5) is 11.1. The summed E-state index contributed by atoms with van der Waals surface area (Å²) in [6, 6.07) is 0. The number of aromatic nitrogens is 4. The van der Waals surface area contributed by atoms with Crippen molar-refractivity contribution in [3.8, 4) is 0 Å². The van der Waals surface area contributed by atoms with Gasteiger partial charge in [-0.1, -0.05) is 11.8 Å². The van der Waals surface area contributed by atoms with E-state index in [0.717, 1.165) is 6.42 Å². The van der Waals surface area contributed by atoms with Crippen LogP contribution < -0.4 is 0 Å². The topological polar surface area (TPSA) is 69.9 Å². The number of tetrazole rings is 1. The van der Waals surface area contributed by atoms with E-state index in [0.29, 0.717) is 11.8 Å². The Bertz CT molecular complexity index is 326. The molecule has 1 aromatic heterocycles. The van der Waals surface area contributed by atoms with E-state index in [1.807, 2.05) is 0 Å². The van der Waals surface area contributed by atoms with Crippen molar-refractivity contribution in [2.45, 2.75) is 16.8 Å². The average Bonchev–Trinajstić information content (AvgIpc) is 2.65. The molecule has 2 rings (SSSR count). The van der Waals surface area contributed by atoms with E-state index in [-0.39, 0.29) is 11.2 Å². The standard InChI is InChI=1S/C6H8N4O2S/c1-10-6(7-8-9-10)13-4-2-3-12-5(4)11/h4H,2-3H2,1H3/t4-/m0/s1. The van der Waals surface area contributed by atoms with Gasteiger partial charge in [0.1, 0.15) is 5.25 Å². The van der Waals surface area contributed by atoms with Crippen LogP contribution in [-0.4, -0.2) is 38.0 Å². The molecule has 0 unspecified atom stereocenters. The maximum absolute atomic E-state index is 11.1. The summed E-state index contributed by atoms with van der Waals surface area (Å²) in [7, 11) is 1.74. The van der Waals surface area contributed by atoms with Crippen LogP contribution in [0.15, 0.2) is 5.16 Å². The minimum Gasteiger partial charge on any atom is -0.465 e. The quantitative estimate of drug-likeness (QED) is 0.606. The summed E-state index contributed by atoms with van der Waals surface area (Å²) in [5.74, 6) is -0.173. The van der Waals surface area contributed by atoms with Gasteiger partial charge in [0, 0.05) is 13.5 Å². The van der Waals surface area contributed by atoms with Crippen LogP contribution in [0.3, 0.4) is 0 Å². The fraction of sp³-hybridized carbons (Fsp3) is 0.667. The highest BCUT2D eigenvalue weighted by molar-refractivity contribution is 8.00. The van der Waals surface area contributed by atoms with Gasteiger partial charge < -0.3 is 4.74 Å². The van der Waals surface area contributed by atoms with Crippen LogP contribution in [-0.2, 0) is 16.6 Å². The van der Waals surface area contributed by atoms with Gasteiger partial charge in [-0.05, 0) is 10.4 Å². The number of hydrogen-bond donors (Lipinski definition) is 0. The first-order valence-electron chi connectivity index (χ1n) is 3.83. The maximum Gasteiger partial charge on any atom is 0.319 e. The fourth-order valence-corrected chi connectivity index (χ4v) is 1.94. The number of aryl methyl sites for hydroxylation is 1.